The molecule has 0 saturated carbocycles. The lowest BCUT2D eigenvalue weighted by Crippen LogP contribution is -1.93. The van der Waals surface area contributed by atoms with Gasteiger partial charge in [0.1, 0.15) is 11.5 Å². The molecule has 1 aromatic heterocycles. The molecule has 2 rings (SSSR count). The highest BCUT2D eigenvalue weighted by Gasteiger charge is 2.18. The van der Waals surface area contributed by atoms with Gasteiger partial charge in [-0.25, -0.2) is 14.4 Å². The van der Waals surface area contributed by atoms with Gasteiger partial charge in [-0.15, -0.1) is 0 Å². The first-order chi connectivity index (χ1) is 8.04. The lowest BCUT2D eigenvalue weighted by atomic mass is 10.1. The minimum absolute atomic E-state index is 0.0695. The van der Waals surface area contributed by atoms with Crippen LogP contribution in [0.4, 0.5) is 14.7 Å². The fourth-order valence-corrected chi connectivity index (χ4v) is 1.80. The quantitative estimate of drug-likeness (QED) is 0.781. The summed E-state index contributed by atoms with van der Waals surface area (Å²) in [5.74, 6) is -1.08. The van der Waals surface area contributed by atoms with Gasteiger partial charge in [-0.1, -0.05) is 15.9 Å². The molecule has 0 amide bonds. The summed E-state index contributed by atoms with van der Waals surface area (Å²) in [5, 5.41) is 0. The van der Waals surface area contributed by atoms with Crippen molar-refractivity contribution in [3.63, 3.8) is 0 Å². The molecule has 0 unspecified atom stereocenters. The number of aliphatic imine (C=N–C) groups is 1. The summed E-state index contributed by atoms with van der Waals surface area (Å²) in [5.41, 5.74) is 0.0242. The van der Waals surface area contributed by atoms with Gasteiger partial charge in [-0.2, -0.15) is 4.39 Å². The lowest BCUT2D eigenvalue weighted by molar-refractivity contribution is 0.538. The average molecular weight is 300 g/mol. The van der Waals surface area contributed by atoms with Crippen molar-refractivity contribution < 1.29 is 8.78 Å². The van der Waals surface area contributed by atoms with E-state index < -0.39 is 11.8 Å². The summed E-state index contributed by atoms with van der Waals surface area (Å²) in [6, 6.07) is 4.33. The van der Waals surface area contributed by atoms with Gasteiger partial charge in [0.05, 0.1) is 0 Å². The zero-order valence-electron chi connectivity index (χ0n) is 8.91. The Morgan fingerprint density at radius 3 is 2.65 bits per heavy atom. The largest absolute Gasteiger partial charge is 0.288 e. The summed E-state index contributed by atoms with van der Waals surface area (Å²) in [7, 11) is 1.45. The molecule has 17 heavy (non-hydrogen) atoms. The highest BCUT2D eigenvalue weighted by Crippen LogP contribution is 2.29. The SMILES string of the molecule is C=Nc1nc(-c2ccc(Br)cc2F)c(F)n1C. The van der Waals surface area contributed by atoms with Gasteiger partial charge >= 0.3 is 0 Å². The summed E-state index contributed by atoms with van der Waals surface area (Å²) in [6.45, 7) is 3.28. The number of imidazole rings is 1. The van der Waals surface area contributed by atoms with Crippen molar-refractivity contribution in [1.82, 2.24) is 9.55 Å². The first-order valence-corrected chi connectivity index (χ1v) is 5.48. The first kappa shape index (κ1) is 11.9. The Hall–Kier alpha value is -1.56. The van der Waals surface area contributed by atoms with Crippen molar-refractivity contribution >= 4 is 28.6 Å². The molecule has 0 fully saturated rings. The molecule has 2 aromatic rings. The number of halogens is 3. The van der Waals surface area contributed by atoms with Crippen LogP contribution in [-0.2, 0) is 7.05 Å². The standard InChI is InChI=1S/C11H8BrF2N3/c1-15-11-16-9(10(14)17(11)2)7-4-3-6(12)5-8(7)13/h3-5H,1H2,2H3. The maximum absolute atomic E-state index is 13.8. The van der Waals surface area contributed by atoms with E-state index >= 15 is 0 Å². The van der Waals surface area contributed by atoms with Crippen molar-refractivity contribution in [3.8, 4) is 11.3 Å². The van der Waals surface area contributed by atoms with Crippen LogP contribution in [0.3, 0.4) is 0 Å². The molecule has 1 aromatic carbocycles. The van der Waals surface area contributed by atoms with E-state index in [0.29, 0.717) is 4.47 Å². The minimum Gasteiger partial charge on any atom is -0.288 e. The fourth-order valence-electron chi connectivity index (χ4n) is 1.46. The third-order valence-corrected chi connectivity index (χ3v) is 2.82. The maximum atomic E-state index is 13.8. The van der Waals surface area contributed by atoms with Crippen molar-refractivity contribution in [2.75, 3.05) is 0 Å². The van der Waals surface area contributed by atoms with Crippen molar-refractivity contribution in [1.29, 1.82) is 0 Å². The molecule has 0 radical (unpaired) electrons. The van der Waals surface area contributed by atoms with Crippen LogP contribution >= 0.6 is 15.9 Å². The summed E-state index contributed by atoms with van der Waals surface area (Å²) in [6.07, 6.45) is 0. The van der Waals surface area contributed by atoms with E-state index in [2.05, 4.69) is 32.6 Å². The van der Waals surface area contributed by atoms with Gasteiger partial charge in [-0.05, 0) is 24.9 Å². The highest BCUT2D eigenvalue weighted by atomic mass is 79.9. The van der Waals surface area contributed by atoms with Crippen LogP contribution in [0.15, 0.2) is 27.7 Å². The molecule has 1 heterocycles. The van der Waals surface area contributed by atoms with Gasteiger partial charge in [0.25, 0.3) is 0 Å². The molecule has 0 aliphatic heterocycles. The van der Waals surface area contributed by atoms with Crippen LogP contribution in [0, 0.1) is 11.8 Å². The van der Waals surface area contributed by atoms with Crippen LogP contribution in [0.5, 0.6) is 0 Å². The Bertz CT molecular complexity index is 593. The van der Waals surface area contributed by atoms with Gasteiger partial charge in [0, 0.05) is 17.1 Å². The van der Waals surface area contributed by atoms with Crippen molar-refractivity contribution in [3.05, 3.63) is 34.4 Å². The van der Waals surface area contributed by atoms with E-state index in [1.165, 1.54) is 19.2 Å². The average Bonchev–Trinajstić information content (AvgIpc) is 2.57. The Labute approximate surface area is 105 Å². The molecular weight excluding hydrogens is 292 g/mol. The minimum atomic E-state index is -0.645. The van der Waals surface area contributed by atoms with E-state index in [1.54, 1.807) is 6.07 Å². The van der Waals surface area contributed by atoms with Crippen LogP contribution in [0.2, 0.25) is 0 Å². The number of hydrogen-bond acceptors (Lipinski definition) is 2. The maximum Gasteiger partial charge on any atom is 0.231 e. The molecule has 3 nitrogen and oxygen atoms in total. The van der Waals surface area contributed by atoms with E-state index in [-0.39, 0.29) is 17.2 Å². The Morgan fingerprint density at radius 2 is 2.12 bits per heavy atom. The zero-order chi connectivity index (χ0) is 12.6. The third-order valence-electron chi connectivity index (χ3n) is 2.33. The zero-order valence-corrected chi connectivity index (χ0v) is 10.5. The van der Waals surface area contributed by atoms with Gasteiger partial charge in [-0.3, -0.25) is 4.57 Å². The van der Waals surface area contributed by atoms with E-state index in [0.717, 1.165) is 4.57 Å². The Kier molecular flexibility index (Phi) is 3.06. The Morgan fingerprint density at radius 1 is 1.41 bits per heavy atom. The Balaban J connectivity index is 2.64. The van der Waals surface area contributed by atoms with Gasteiger partial charge in [0.15, 0.2) is 0 Å². The second kappa shape index (κ2) is 4.37. The predicted octanol–water partition coefficient (Wildman–Crippen LogP) is 3.46. The molecule has 6 heteroatoms. The van der Waals surface area contributed by atoms with Crippen molar-refractivity contribution in [2.24, 2.45) is 12.0 Å². The molecule has 0 saturated heterocycles. The predicted molar refractivity (Wildman–Crippen MR) is 65.5 cm³/mol. The molecule has 0 bridgehead atoms. The second-order valence-electron chi connectivity index (χ2n) is 3.39. The van der Waals surface area contributed by atoms with Gasteiger partial charge < -0.3 is 0 Å². The van der Waals surface area contributed by atoms with E-state index in [4.69, 9.17) is 0 Å². The van der Waals surface area contributed by atoms with E-state index in [1.807, 2.05) is 0 Å². The lowest BCUT2D eigenvalue weighted by Gasteiger charge is -2.00. The molecule has 0 N–H and O–H groups in total. The van der Waals surface area contributed by atoms with Gasteiger partial charge in [0.2, 0.25) is 11.9 Å². The number of benzene rings is 1. The van der Waals surface area contributed by atoms with Crippen LogP contribution in [0.25, 0.3) is 11.3 Å². The van der Waals surface area contributed by atoms with E-state index in [9.17, 15) is 8.78 Å². The first-order valence-electron chi connectivity index (χ1n) is 4.69. The number of nitrogens with zero attached hydrogens (tertiary/aromatic N) is 3. The number of rotatable bonds is 2. The van der Waals surface area contributed by atoms with Crippen molar-refractivity contribution in [2.45, 2.75) is 0 Å². The summed E-state index contributed by atoms with van der Waals surface area (Å²) < 4.78 is 29.2. The monoisotopic (exact) mass is 299 g/mol. The normalized spacial score (nSPS) is 10.6. The third kappa shape index (κ3) is 2.00. The smallest absolute Gasteiger partial charge is 0.231 e. The molecule has 0 aliphatic carbocycles. The molecule has 0 spiro atoms. The van der Waals surface area contributed by atoms with Crippen LogP contribution < -0.4 is 0 Å². The molecule has 0 aliphatic rings. The topological polar surface area (TPSA) is 30.2 Å². The number of aromatic nitrogens is 2. The fraction of sp³-hybridized carbons (Fsp3) is 0.0909. The summed E-state index contributed by atoms with van der Waals surface area (Å²) >= 11 is 3.13. The summed E-state index contributed by atoms with van der Waals surface area (Å²) in [4.78, 5) is 7.45. The molecule has 88 valence electrons. The second-order valence-corrected chi connectivity index (χ2v) is 4.31. The molecule has 0 atom stereocenters. The van der Waals surface area contributed by atoms with Crippen LogP contribution in [-0.4, -0.2) is 16.3 Å². The highest BCUT2D eigenvalue weighted by molar-refractivity contribution is 9.10. The van der Waals surface area contributed by atoms with Crippen LogP contribution in [0.1, 0.15) is 0 Å². The number of hydrogen-bond donors (Lipinski definition) is 0. The molecular formula is C11H8BrF2N3.